The van der Waals surface area contributed by atoms with Crippen LogP contribution in [-0.4, -0.2) is 22.6 Å². The average molecular weight is 243 g/mol. The van der Waals surface area contributed by atoms with Crippen LogP contribution in [0.2, 0.25) is 0 Å². The number of carbonyl (C=O) groups is 1. The third-order valence-electron chi connectivity index (χ3n) is 2.76. The SMILES string of the molecule is Cc1ccc(CCNC(=O)c2cc(C)[nH]n2)cc1. The molecule has 0 spiro atoms. The number of H-pyrrole nitrogens is 1. The van der Waals surface area contributed by atoms with Gasteiger partial charge in [-0.1, -0.05) is 29.8 Å². The van der Waals surface area contributed by atoms with Gasteiger partial charge < -0.3 is 5.32 Å². The van der Waals surface area contributed by atoms with Crippen LogP contribution in [0.4, 0.5) is 0 Å². The number of nitrogens with one attached hydrogen (secondary N) is 2. The molecule has 0 fully saturated rings. The molecule has 94 valence electrons. The van der Waals surface area contributed by atoms with Crippen LogP contribution >= 0.6 is 0 Å². The first-order chi connectivity index (χ1) is 8.65. The van der Waals surface area contributed by atoms with Gasteiger partial charge in [-0.25, -0.2) is 0 Å². The predicted molar refractivity (Wildman–Crippen MR) is 70.5 cm³/mol. The fourth-order valence-corrected chi connectivity index (χ4v) is 1.70. The van der Waals surface area contributed by atoms with Crippen LogP contribution < -0.4 is 5.32 Å². The number of aromatic nitrogens is 2. The zero-order valence-electron chi connectivity index (χ0n) is 10.7. The average Bonchev–Trinajstić information content (AvgIpc) is 2.78. The Balaban J connectivity index is 1.82. The molecule has 2 rings (SSSR count). The van der Waals surface area contributed by atoms with Crippen LogP contribution in [0.3, 0.4) is 0 Å². The van der Waals surface area contributed by atoms with E-state index in [-0.39, 0.29) is 5.91 Å². The van der Waals surface area contributed by atoms with E-state index in [0.29, 0.717) is 12.2 Å². The van der Waals surface area contributed by atoms with Gasteiger partial charge in [0.2, 0.25) is 0 Å². The molecule has 1 aromatic heterocycles. The van der Waals surface area contributed by atoms with Crippen LogP contribution in [0, 0.1) is 13.8 Å². The lowest BCUT2D eigenvalue weighted by atomic mass is 10.1. The highest BCUT2D eigenvalue weighted by atomic mass is 16.1. The van der Waals surface area contributed by atoms with E-state index in [1.165, 1.54) is 11.1 Å². The summed E-state index contributed by atoms with van der Waals surface area (Å²) in [5.74, 6) is -0.133. The molecule has 1 amide bonds. The number of rotatable bonds is 4. The second kappa shape index (κ2) is 5.49. The summed E-state index contributed by atoms with van der Waals surface area (Å²) in [6.45, 7) is 4.55. The Bertz CT molecular complexity index is 528. The zero-order valence-corrected chi connectivity index (χ0v) is 10.7. The lowest BCUT2D eigenvalue weighted by molar-refractivity contribution is 0.0949. The molecular formula is C14H17N3O. The molecule has 2 N–H and O–H groups in total. The molecule has 0 saturated carbocycles. The molecule has 0 aliphatic rings. The summed E-state index contributed by atoms with van der Waals surface area (Å²) in [5.41, 5.74) is 3.80. The van der Waals surface area contributed by atoms with Crippen LogP contribution in [0.25, 0.3) is 0 Å². The summed E-state index contributed by atoms with van der Waals surface area (Å²) in [5, 5.41) is 9.52. The minimum atomic E-state index is -0.133. The van der Waals surface area contributed by atoms with Gasteiger partial charge in [-0.3, -0.25) is 9.89 Å². The van der Waals surface area contributed by atoms with Crippen molar-refractivity contribution in [1.82, 2.24) is 15.5 Å². The summed E-state index contributed by atoms with van der Waals surface area (Å²) in [7, 11) is 0. The molecule has 4 nitrogen and oxygen atoms in total. The molecule has 0 aliphatic heterocycles. The van der Waals surface area contributed by atoms with Gasteiger partial charge in [0.05, 0.1) is 0 Å². The van der Waals surface area contributed by atoms with Crippen LogP contribution in [0.1, 0.15) is 27.3 Å². The summed E-state index contributed by atoms with van der Waals surface area (Å²) in [6, 6.07) is 10.1. The van der Waals surface area contributed by atoms with Gasteiger partial charge in [0.1, 0.15) is 5.69 Å². The van der Waals surface area contributed by atoms with Crippen molar-refractivity contribution in [1.29, 1.82) is 0 Å². The molecular weight excluding hydrogens is 226 g/mol. The maximum absolute atomic E-state index is 11.7. The highest BCUT2D eigenvalue weighted by Crippen LogP contribution is 2.03. The van der Waals surface area contributed by atoms with Crippen molar-refractivity contribution in [2.45, 2.75) is 20.3 Å². The first kappa shape index (κ1) is 12.4. The Kier molecular flexibility index (Phi) is 3.77. The lowest BCUT2D eigenvalue weighted by Gasteiger charge is -2.03. The van der Waals surface area contributed by atoms with Crippen molar-refractivity contribution >= 4 is 5.91 Å². The van der Waals surface area contributed by atoms with Crippen molar-refractivity contribution in [3.63, 3.8) is 0 Å². The quantitative estimate of drug-likeness (QED) is 0.863. The molecule has 1 aromatic carbocycles. The number of hydrogen-bond donors (Lipinski definition) is 2. The van der Waals surface area contributed by atoms with Gasteiger partial charge in [-0.2, -0.15) is 5.10 Å². The van der Waals surface area contributed by atoms with E-state index in [1.807, 2.05) is 6.92 Å². The molecule has 0 radical (unpaired) electrons. The van der Waals surface area contributed by atoms with E-state index in [4.69, 9.17) is 0 Å². The van der Waals surface area contributed by atoms with E-state index < -0.39 is 0 Å². The van der Waals surface area contributed by atoms with Gasteiger partial charge in [-0.05, 0) is 31.9 Å². The van der Waals surface area contributed by atoms with Gasteiger partial charge >= 0.3 is 0 Å². The standard InChI is InChI=1S/C14H17N3O/c1-10-3-5-12(6-4-10)7-8-15-14(18)13-9-11(2)16-17-13/h3-6,9H,7-8H2,1-2H3,(H,15,18)(H,16,17). The smallest absolute Gasteiger partial charge is 0.271 e. The number of nitrogens with zero attached hydrogens (tertiary/aromatic N) is 1. The van der Waals surface area contributed by atoms with E-state index in [9.17, 15) is 4.79 Å². The number of aromatic amines is 1. The third kappa shape index (κ3) is 3.20. The Morgan fingerprint density at radius 3 is 2.61 bits per heavy atom. The monoisotopic (exact) mass is 243 g/mol. The van der Waals surface area contributed by atoms with Gasteiger partial charge in [0, 0.05) is 12.2 Å². The minimum absolute atomic E-state index is 0.133. The fourth-order valence-electron chi connectivity index (χ4n) is 1.70. The number of aryl methyl sites for hydroxylation is 2. The Hall–Kier alpha value is -2.10. The molecule has 0 bridgehead atoms. The Morgan fingerprint density at radius 2 is 2.00 bits per heavy atom. The number of carbonyl (C=O) groups excluding carboxylic acids is 1. The second-order valence-corrected chi connectivity index (χ2v) is 4.43. The van der Waals surface area contributed by atoms with Crippen LogP contribution in [0.15, 0.2) is 30.3 Å². The molecule has 0 atom stereocenters. The lowest BCUT2D eigenvalue weighted by Crippen LogP contribution is -2.26. The van der Waals surface area contributed by atoms with Crippen LogP contribution in [-0.2, 0) is 6.42 Å². The predicted octanol–water partition coefficient (Wildman–Crippen LogP) is 2.00. The van der Waals surface area contributed by atoms with Crippen molar-refractivity contribution in [2.24, 2.45) is 0 Å². The van der Waals surface area contributed by atoms with Gasteiger partial charge in [0.25, 0.3) is 5.91 Å². The molecule has 0 aliphatic carbocycles. The highest BCUT2D eigenvalue weighted by molar-refractivity contribution is 5.92. The third-order valence-corrected chi connectivity index (χ3v) is 2.76. The van der Waals surface area contributed by atoms with E-state index in [2.05, 4.69) is 46.7 Å². The Labute approximate surface area is 106 Å². The zero-order chi connectivity index (χ0) is 13.0. The van der Waals surface area contributed by atoms with Gasteiger partial charge in [0.15, 0.2) is 0 Å². The van der Waals surface area contributed by atoms with Gasteiger partial charge in [-0.15, -0.1) is 0 Å². The fraction of sp³-hybridized carbons (Fsp3) is 0.286. The first-order valence-corrected chi connectivity index (χ1v) is 6.01. The topological polar surface area (TPSA) is 57.8 Å². The minimum Gasteiger partial charge on any atom is -0.350 e. The molecule has 2 aromatic rings. The van der Waals surface area contributed by atoms with Crippen molar-refractivity contribution in [3.8, 4) is 0 Å². The Morgan fingerprint density at radius 1 is 1.28 bits per heavy atom. The van der Waals surface area contributed by atoms with Crippen LogP contribution in [0.5, 0.6) is 0 Å². The largest absolute Gasteiger partial charge is 0.350 e. The molecule has 0 saturated heterocycles. The summed E-state index contributed by atoms with van der Waals surface area (Å²) < 4.78 is 0. The first-order valence-electron chi connectivity index (χ1n) is 6.01. The maximum atomic E-state index is 11.7. The summed E-state index contributed by atoms with van der Waals surface area (Å²) in [4.78, 5) is 11.7. The van der Waals surface area contributed by atoms with E-state index >= 15 is 0 Å². The molecule has 1 heterocycles. The van der Waals surface area contributed by atoms with Crippen molar-refractivity contribution in [2.75, 3.05) is 6.54 Å². The van der Waals surface area contributed by atoms with Crippen molar-refractivity contribution in [3.05, 3.63) is 52.8 Å². The number of benzene rings is 1. The van der Waals surface area contributed by atoms with Crippen molar-refractivity contribution < 1.29 is 4.79 Å². The molecule has 0 unspecified atom stereocenters. The molecule has 4 heteroatoms. The normalized spacial score (nSPS) is 10.3. The second-order valence-electron chi connectivity index (χ2n) is 4.43. The maximum Gasteiger partial charge on any atom is 0.271 e. The van der Waals surface area contributed by atoms with E-state index in [1.54, 1.807) is 6.07 Å². The highest BCUT2D eigenvalue weighted by Gasteiger charge is 2.07. The summed E-state index contributed by atoms with van der Waals surface area (Å²) >= 11 is 0. The number of amides is 1. The number of hydrogen-bond acceptors (Lipinski definition) is 2. The molecule has 18 heavy (non-hydrogen) atoms. The summed E-state index contributed by atoms with van der Waals surface area (Å²) in [6.07, 6.45) is 0.829. The van der Waals surface area contributed by atoms with E-state index in [0.717, 1.165) is 12.1 Å².